The van der Waals surface area contributed by atoms with Crippen LogP contribution in [0.3, 0.4) is 0 Å². The zero-order valence-corrected chi connectivity index (χ0v) is 7.69. The number of aliphatic hydroxyl groups is 1. The Morgan fingerprint density at radius 2 is 2.43 bits per heavy atom. The number of aliphatic hydroxyl groups excluding tert-OH is 1. The first-order valence-electron chi connectivity index (χ1n) is 4.31. The van der Waals surface area contributed by atoms with Crippen LogP contribution in [0.15, 0.2) is 11.0 Å². The van der Waals surface area contributed by atoms with E-state index < -0.39 is 0 Å². The van der Waals surface area contributed by atoms with Gasteiger partial charge in [-0.1, -0.05) is 0 Å². The number of fused-ring (bicyclic) bond motifs is 1. The summed E-state index contributed by atoms with van der Waals surface area (Å²) in [5.74, 6) is 0. The summed E-state index contributed by atoms with van der Waals surface area (Å²) in [5.41, 5.74) is 0.585. The van der Waals surface area contributed by atoms with Crippen LogP contribution in [0.2, 0.25) is 0 Å². The fraction of sp³-hybridized carbons (Fsp3) is 0.375. The van der Waals surface area contributed by atoms with Crippen molar-refractivity contribution in [3.8, 4) is 0 Å². The normalized spacial score (nSPS) is 11.0. The predicted octanol–water partition coefficient (Wildman–Crippen LogP) is -0.368. The van der Waals surface area contributed by atoms with Crippen LogP contribution < -0.4 is 5.56 Å². The van der Waals surface area contributed by atoms with E-state index in [0.717, 1.165) is 0 Å². The number of nitrogens with one attached hydrogen (secondary N) is 1. The summed E-state index contributed by atoms with van der Waals surface area (Å²) in [6.45, 7) is 2.37. The van der Waals surface area contributed by atoms with Gasteiger partial charge in [-0.3, -0.25) is 9.48 Å². The van der Waals surface area contributed by atoms with Crippen LogP contribution in [0.5, 0.6) is 0 Å². The summed E-state index contributed by atoms with van der Waals surface area (Å²) < 4.78 is 1.64. The lowest BCUT2D eigenvalue weighted by Gasteiger charge is -1.93. The molecule has 6 heteroatoms. The van der Waals surface area contributed by atoms with Crippen LogP contribution in [0.25, 0.3) is 10.9 Å². The maximum atomic E-state index is 11.3. The Balaban J connectivity index is 2.81. The number of aryl methyl sites for hydroxylation is 1. The lowest BCUT2D eigenvalue weighted by atomic mass is 10.3. The first kappa shape index (κ1) is 8.89. The molecular formula is C8H10N4O2. The highest BCUT2D eigenvalue weighted by Gasteiger charge is 2.09. The number of hydrogen-bond donors (Lipinski definition) is 2. The molecule has 0 atom stereocenters. The molecule has 14 heavy (non-hydrogen) atoms. The molecular weight excluding hydrogens is 184 g/mol. The summed E-state index contributed by atoms with van der Waals surface area (Å²) in [4.78, 5) is 11.3. The minimum absolute atomic E-state index is 0.228. The molecule has 2 aromatic heterocycles. The molecule has 0 aromatic carbocycles. The second-order valence-electron chi connectivity index (χ2n) is 2.90. The van der Waals surface area contributed by atoms with E-state index in [-0.39, 0.29) is 12.2 Å². The van der Waals surface area contributed by atoms with Gasteiger partial charge in [0.25, 0.3) is 5.56 Å². The van der Waals surface area contributed by atoms with Crippen LogP contribution >= 0.6 is 0 Å². The van der Waals surface area contributed by atoms with Gasteiger partial charge in [-0.15, -0.1) is 0 Å². The molecule has 0 fully saturated rings. The molecule has 0 bridgehead atoms. The third-order valence-electron chi connectivity index (χ3n) is 2.05. The lowest BCUT2D eigenvalue weighted by Crippen LogP contribution is -2.09. The lowest BCUT2D eigenvalue weighted by molar-refractivity contribution is 0.277. The minimum atomic E-state index is -0.281. The molecule has 0 saturated heterocycles. The Morgan fingerprint density at radius 3 is 3.07 bits per heavy atom. The van der Waals surface area contributed by atoms with Crippen molar-refractivity contribution < 1.29 is 5.11 Å². The summed E-state index contributed by atoms with van der Waals surface area (Å²) in [6.07, 6.45) is 1.65. The monoisotopic (exact) mass is 194 g/mol. The maximum Gasteiger partial charge on any atom is 0.275 e. The van der Waals surface area contributed by atoms with E-state index in [0.29, 0.717) is 23.1 Å². The second-order valence-corrected chi connectivity index (χ2v) is 2.90. The van der Waals surface area contributed by atoms with Gasteiger partial charge >= 0.3 is 0 Å². The van der Waals surface area contributed by atoms with Gasteiger partial charge in [0.1, 0.15) is 11.2 Å². The van der Waals surface area contributed by atoms with E-state index >= 15 is 0 Å². The first-order valence-corrected chi connectivity index (χ1v) is 4.31. The van der Waals surface area contributed by atoms with Gasteiger partial charge in [-0.25, -0.2) is 5.10 Å². The van der Waals surface area contributed by atoms with E-state index in [1.54, 1.807) is 10.9 Å². The van der Waals surface area contributed by atoms with E-state index in [9.17, 15) is 4.79 Å². The third-order valence-corrected chi connectivity index (χ3v) is 2.05. The SMILES string of the molecule is CCn1cc2c(=O)[nH]nc(CO)c2n1. The number of hydrogen-bond acceptors (Lipinski definition) is 4. The minimum Gasteiger partial charge on any atom is -0.390 e. The molecule has 0 amide bonds. The molecule has 0 aliphatic heterocycles. The Labute approximate surface area is 79.2 Å². The standard InChI is InChI=1S/C8H10N4O2/c1-2-12-3-5-7(11-12)6(4-13)9-10-8(5)14/h3,13H,2,4H2,1H3,(H,10,14). The molecule has 2 heterocycles. The highest BCUT2D eigenvalue weighted by Crippen LogP contribution is 2.09. The van der Waals surface area contributed by atoms with Gasteiger partial charge < -0.3 is 5.11 Å². The highest BCUT2D eigenvalue weighted by molar-refractivity contribution is 5.78. The molecule has 6 nitrogen and oxygen atoms in total. The fourth-order valence-electron chi connectivity index (χ4n) is 1.30. The Kier molecular flexibility index (Phi) is 2.05. The van der Waals surface area contributed by atoms with E-state index in [2.05, 4.69) is 15.3 Å². The first-order chi connectivity index (χ1) is 6.76. The summed E-state index contributed by atoms with van der Waals surface area (Å²) in [7, 11) is 0. The number of rotatable bonds is 2. The molecule has 2 rings (SSSR count). The largest absolute Gasteiger partial charge is 0.390 e. The zero-order chi connectivity index (χ0) is 10.1. The maximum absolute atomic E-state index is 11.3. The van der Waals surface area contributed by atoms with Crippen molar-refractivity contribution in [3.05, 3.63) is 22.2 Å². The van der Waals surface area contributed by atoms with Crippen LogP contribution in [0.1, 0.15) is 12.6 Å². The number of nitrogens with zero attached hydrogens (tertiary/aromatic N) is 3. The summed E-state index contributed by atoms with van der Waals surface area (Å²) in [6, 6.07) is 0. The van der Waals surface area contributed by atoms with Crippen molar-refractivity contribution in [2.24, 2.45) is 0 Å². The molecule has 0 spiro atoms. The predicted molar refractivity (Wildman–Crippen MR) is 49.7 cm³/mol. The van der Waals surface area contributed by atoms with Crippen molar-refractivity contribution >= 4 is 10.9 Å². The molecule has 0 radical (unpaired) electrons. The van der Waals surface area contributed by atoms with Crippen molar-refractivity contribution in [2.45, 2.75) is 20.1 Å². The van der Waals surface area contributed by atoms with Crippen molar-refractivity contribution in [1.29, 1.82) is 0 Å². The number of aromatic amines is 1. The molecule has 0 aliphatic rings. The Hall–Kier alpha value is -1.69. The molecule has 2 aromatic rings. The molecule has 0 saturated carbocycles. The van der Waals surface area contributed by atoms with Gasteiger partial charge in [-0.05, 0) is 6.92 Å². The average molecular weight is 194 g/mol. The smallest absolute Gasteiger partial charge is 0.275 e. The Morgan fingerprint density at radius 1 is 1.64 bits per heavy atom. The highest BCUT2D eigenvalue weighted by atomic mass is 16.3. The quantitative estimate of drug-likeness (QED) is 0.683. The van der Waals surface area contributed by atoms with Crippen molar-refractivity contribution in [2.75, 3.05) is 0 Å². The third kappa shape index (κ3) is 1.20. The van der Waals surface area contributed by atoms with Crippen LogP contribution in [0, 0.1) is 0 Å². The second kappa shape index (κ2) is 3.22. The topological polar surface area (TPSA) is 83.8 Å². The van der Waals surface area contributed by atoms with E-state index in [1.165, 1.54) is 0 Å². The van der Waals surface area contributed by atoms with Crippen molar-refractivity contribution in [1.82, 2.24) is 20.0 Å². The Bertz CT molecular complexity index is 514. The van der Waals surface area contributed by atoms with Gasteiger partial charge in [0.2, 0.25) is 0 Å². The van der Waals surface area contributed by atoms with E-state index in [4.69, 9.17) is 5.11 Å². The number of aromatic nitrogens is 4. The van der Waals surface area contributed by atoms with Gasteiger partial charge in [0.05, 0.1) is 12.0 Å². The van der Waals surface area contributed by atoms with Gasteiger partial charge in [0.15, 0.2) is 0 Å². The van der Waals surface area contributed by atoms with Crippen LogP contribution in [-0.2, 0) is 13.2 Å². The fourth-order valence-corrected chi connectivity index (χ4v) is 1.30. The number of H-pyrrole nitrogens is 1. The molecule has 74 valence electrons. The summed E-state index contributed by atoms with van der Waals surface area (Å²) >= 11 is 0. The summed E-state index contributed by atoms with van der Waals surface area (Å²) in [5, 5.41) is 19.6. The molecule has 0 aliphatic carbocycles. The average Bonchev–Trinajstić information content (AvgIpc) is 2.63. The zero-order valence-electron chi connectivity index (χ0n) is 7.69. The van der Waals surface area contributed by atoms with Crippen LogP contribution in [0.4, 0.5) is 0 Å². The molecule has 2 N–H and O–H groups in total. The molecule has 0 unspecified atom stereocenters. The van der Waals surface area contributed by atoms with Gasteiger partial charge in [-0.2, -0.15) is 10.2 Å². The van der Waals surface area contributed by atoms with Crippen LogP contribution in [-0.4, -0.2) is 25.1 Å². The van der Waals surface area contributed by atoms with Crippen molar-refractivity contribution in [3.63, 3.8) is 0 Å². The van der Waals surface area contributed by atoms with Gasteiger partial charge in [0, 0.05) is 12.7 Å². The van der Waals surface area contributed by atoms with E-state index in [1.807, 2.05) is 6.92 Å².